The number of carbonyl (C=O) groups excluding carboxylic acids is 1. The molecule has 12 heteroatoms. The van der Waals surface area contributed by atoms with Gasteiger partial charge in [0.25, 0.3) is 0 Å². The molecule has 1 aliphatic heterocycles. The van der Waals surface area contributed by atoms with E-state index in [-0.39, 0.29) is 37.3 Å². The topological polar surface area (TPSA) is 101 Å². The lowest BCUT2D eigenvalue weighted by Gasteiger charge is -2.25. The Morgan fingerprint density at radius 1 is 1.22 bits per heavy atom. The summed E-state index contributed by atoms with van der Waals surface area (Å²) in [7, 11) is -4.11. The summed E-state index contributed by atoms with van der Waals surface area (Å²) < 4.78 is 70.7. The summed E-state index contributed by atoms with van der Waals surface area (Å²) >= 11 is 0. The van der Waals surface area contributed by atoms with Crippen molar-refractivity contribution in [3.63, 3.8) is 0 Å². The van der Waals surface area contributed by atoms with Crippen LogP contribution in [0.25, 0.3) is 5.57 Å². The number of hydrogen-bond acceptors (Lipinski definition) is 6. The Hall–Kier alpha value is -2.99. The fourth-order valence-electron chi connectivity index (χ4n) is 3.13. The summed E-state index contributed by atoms with van der Waals surface area (Å²) in [6.45, 7) is -0.00839. The number of aromatic nitrogens is 2. The highest BCUT2D eigenvalue weighted by atomic mass is 32.2. The molecule has 1 aliphatic carbocycles. The zero-order valence-electron chi connectivity index (χ0n) is 16.7. The smallest absolute Gasteiger partial charge is 0.391 e. The van der Waals surface area contributed by atoms with Crippen molar-refractivity contribution >= 4 is 21.7 Å². The number of ether oxygens (including phenoxy) is 1. The van der Waals surface area contributed by atoms with Gasteiger partial charge in [0.2, 0.25) is 15.9 Å². The first kappa shape index (κ1) is 22.2. The summed E-state index contributed by atoms with van der Waals surface area (Å²) in [5.74, 6) is 0.353. The maximum atomic E-state index is 12.9. The lowest BCUT2D eigenvalue weighted by Crippen LogP contribution is -2.35. The predicted molar refractivity (Wildman–Crippen MR) is 107 cm³/mol. The molecule has 1 aromatic carbocycles. The molecule has 1 fully saturated rings. The van der Waals surface area contributed by atoms with Crippen LogP contribution in [0.2, 0.25) is 0 Å². The molecule has 0 saturated heterocycles. The number of nitrogens with one attached hydrogen (secondary N) is 1. The molecule has 2 heterocycles. The van der Waals surface area contributed by atoms with Gasteiger partial charge in [0.15, 0.2) is 5.82 Å². The summed E-state index contributed by atoms with van der Waals surface area (Å²) in [4.78, 5) is 19.7. The Labute approximate surface area is 182 Å². The molecule has 8 nitrogen and oxygen atoms in total. The van der Waals surface area contributed by atoms with Crippen LogP contribution < -0.4 is 10.1 Å². The quantitative estimate of drug-likeness (QED) is 0.723. The van der Waals surface area contributed by atoms with Crippen LogP contribution in [-0.2, 0) is 16.2 Å². The van der Waals surface area contributed by atoms with Gasteiger partial charge < -0.3 is 10.1 Å². The highest BCUT2D eigenvalue weighted by Gasteiger charge is 2.33. The molecular formula is C20H19F3N4O4S. The number of nitrogens with zero attached hydrogens (tertiary/aromatic N) is 3. The van der Waals surface area contributed by atoms with Crippen molar-refractivity contribution in [2.75, 3.05) is 13.1 Å². The fraction of sp³-hybridized carbons (Fsp3) is 0.350. The van der Waals surface area contributed by atoms with E-state index in [1.807, 2.05) is 0 Å². The second kappa shape index (κ2) is 8.51. The molecule has 2 aromatic rings. The van der Waals surface area contributed by atoms with E-state index in [9.17, 15) is 26.4 Å². The van der Waals surface area contributed by atoms with Gasteiger partial charge in [-0.3, -0.25) is 0 Å². The van der Waals surface area contributed by atoms with Crippen LogP contribution in [0, 0.1) is 0 Å². The van der Waals surface area contributed by atoms with E-state index >= 15 is 0 Å². The number of amides is 1. The van der Waals surface area contributed by atoms with Gasteiger partial charge >= 0.3 is 12.3 Å². The van der Waals surface area contributed by atoms with E-state index in [4.69, 9.17) is 4.74 Å². The minimum atomic E-state index is -4.64. The molecule has 170 valence electrons. The Balaban J connectivity index is 1.47. The third-order valence-electron chi connectivity index (χ3n) is 4.98. The minimum absolute atomic E-state index is 0.0427. The Morgan fingerprint density at radius 2 is 2.00 bits per heavy atom. The summed E-state index contributed by atoms with van der Waals surface area (Å²) in [6, 6.07) is 5.23. The SMILES string of the molecule is O=C(NC1CC1)Oc1ccnc(C2=CCN(S(=O)(=O)c3cccc(C(F)(F)F)c3)CC2)n1. The maximum Gasteiger partial charge on any atom is 0.416 e. The maximum absolute atomic E-state index is 12.9. The van der Waals surface area contributed by atoms with Gasteiger partial charge in [-0.25, -0.2) is 18.2 Å². The highest BCUT2D eigenvalue weighted by Crippen LogP contribution is 2.32. The first-order chi connectivity index (χ1) is 15.1. The summed E-state index contributed by atoms with van der Waals surface area (Å²) in [6.07, 6.45) is -0.148. The zero-order chi connectivity index (χ0) is 22.9. The third kappa shape index (κ3) is 5.07. The van der Waals surface area contributed by atoms with Gasteiger partial charge in [0.1, 0.15) is 0 Å². The van der Waals surface area contributed by atoms with Gasteiger partial charge in [-0.05, 0) is 43.0 Å². The van der Waals surface area contributed by atoms with Gasteiger partial charge in [-0.15, -0.1) is 0 Å². The second-order valence-corrected chi connectivity index (χ2v) is 9.33. The molecule has 2 aliphatic rings. The third-order valence-corrected chi connectivity index (χ3v) is 6.85. The number of sulfonamides is 1. The Morgan fingerprint density at radius 3 is 2.66 bits per heavy atom. The van der Waals surface area contributed by atoms with Crippen LogP contribution in [0.3, 0.4) is 0 Å². The standard InChI is InChI=1S/C20H19F3N4O4S/c21-20(22,23)14-2-1-3-16(12-14)32(29,30)27-10-7-13(8-11-27)18-24-9-6-17(26-18)31-19(28)25-15-4-5-15/h1-3,6-7,9,12,15H,4-5,8,10-11H2,(H,25,28). The molecule has 1 aromatic heterocycles. The van der Waals surface area contributed by atoms with Gasteiger partial charge in [0, 0.05) is 31.4 Å². The van der Waals surface area contributed by atoms with Crippen molar-refractivity contribution < 1.29 is 31.1 Å². The highest BCUT2D eigenvalue weighted by molar-refractivity contribution is 7.89. The van der Waals surface area contributed by atoms with E-state index in [2.05, 4.69) is 15.3 Å². The largest absolute Gasteiger partial charge is 0.416 e. The average Bonchev–Trinajstić information content (AvgIpc) is 3.57. The van der Waals surface area contributed by atoms with E-state index in [1.54, 1.807) is 6.08 Å². The van der Waals surface area contributed by atoms with Crippen LogP contribution in [0.5, 0.6) is 5.88 Å². The predicted octanol–water partition coefficient (Wildman–Crippen LogP) is 3.22. The molecule has 0 spiro atoms. The van der Waals surface area contributed by atoms with Gasteiger partial charge in [-0.2, -0.15) is 22.5 Å². The normalized spacial score (nSPS) is 17.5. The van der Waals surface area contributed by atoms with Crippen molar-refractivity contribution in [3.8, 4) is 5.88 Å². The van der Waals surface area contributed by atoms with Crippen LogP contribution in [-0.4, -0.2) is 47.9 Å². The lowest BCUT2D eigenvalue weighted by molar-refractivity contribution is -0.137. The zero-order valence-corrected chi connectivity index (χ0v) is 17.5. The van der Waals surface area contributed by atoms with Crippen LogP contribution in [0.4, 0.5) is 18.0 Å². The first-order valence-corrected chi connectivity index (χ1v) is 11.2. The molecule has 1 amide bonds. The fourth-order valence-corrected chi connectivity index (χ4v) is 4.55. The van der Waals surface area contributed by atoms with E-state index in [0.29, 0.717) is 11.6 Å². The lowest BCUT2D eigenvalue weighted by atomic mass is 10.1. The van der Waals surface area contributed by atoms with Crippen molar-refractivity contribution in [3.05, 3.63) is 54.0 Å². The van der Waals surface area contributed by atoms with Crippen LogP contribution >= 0.6 is 0 Å². The second-order valence-electron chi connectivity index (χ2n) is 7.39. The van der Waals surface area contributed by atoms with Crippen LogP contribution in [0.1, 0.15) is 30.7 Å². The molecular weight excluding hydrogens is 449 g/mol. The molecule has 0 bridgehead atoms. The molecule has 0 unspecified atom stereocenters. The molecule has 1 saturated carbocycles. The minimum Gasteiger partial charge on any atom is -0.391 e. The number of hydrogen-bond donors (Lipinski definition) is 1. The number of halogens is 3. The first-order valence-electron chi connectivity index (χ1n) is 9.81. The van der Waals surface area contributed by atoms with E-state index in [1.165, 1.54) is 12.3 Å². The number of alkyl halides is 3. The molecule has 0 radical (unpaired) electrons. The molecule has 4 rings (SSSR count). The Bertz CT molecular complexity index is 1160. The van der Waals surface area contributed by atoms with Crippen molar-refractivity contribution in [2.45, 2.75) is 36.4 Å². The molecule has 0 atom stereocenters. The summed E-state index contributed by atoms with van der Waals surface area (Å²) in [5, 5.41) is 2.67. The number of benzene rings is 1. The number of rotatable bonds is 5. The molecule has 32 heavy (non-hydrogen) atoms. The van der Waals surface area contributed by atoms with E-state index in [0.717, 1.165) is 35.3 Å². The van der Waals surface area contributed by atoms with Gasteiger partial charge in [-0.1, -0.05) is 12.1 Å². The van der Waals surface area contributed by atoms with Crippen LogP contribution in [0.15, 0.2) is 47.5 Å². The number of carbonyl (C=O) groups is 1. The van der Waals surface area contributed by atoms with Crippen molar-refractivity contribution in [1.82, 2.24) is 19.6 Å². The monoisotopic (exact) mass is 468 g/mol. The molecule has 1 N–H and O–H groups in total. The van der Waals surface area contributed by atoms with E-state index < -0.39 is 32.8 Å². The summed E-state index contributed by atoms with van der Waals surface area (Å²) in [5.41, 5.74) is -0.378. The van der Waals surface area contributed by atoms with Crippen molar-refractivity contribution in [2.24, 2.45) is 0 Å². The Kier molecular flexibility index (Phi) is 5.91. The van der Waals surface area contributed by atoms with Crippen molar-refractivity contribution in [1.29, 1.82) is 0 Å². The van der Waals surface area contributed by atoms with Gasteiger partial charge in [0.05, 0.1) is 10.5 Å². The average molecular weight is 468 g/mol.